The predicted octanol–water partition coefficient (Wildman–Crippen LogP) is 3.18. The summed E-state index contributed by atoms with van der Waals surface area (Å²) in [7, 11) is 0. The lowest BCUT2D eigenvalue weighted by atomic mass is 10.1. The maximum atomic E-state index is 12.7. The van der Waals surface area contributed by atoms with Crippen molar-refractivity contribution in [3.63, 3.8) is 0 Å². The summed E-state index contributed by atoms with van der Waals surface area (Å²) >= 11 is 1.49. The zero-order chi connectivity index (χ0) is 22.2. The Morgan fingerprint density at radius 2 is 1.61 bits per heavy atom. The molecule has 1 amide bonds. The number of aromatic nitrogens is 1. The first-order valence-corrected chi connectivity index (χ1v) is 11.6. The van der Waals surface area contributed by atoms with E-state index in [1.54, 1.807) is 23.6 Å². The molecule has 9 nitrogen and oxygen atoms in total. The van der Waals surface area contributed by atoms with Crippen LogP contribution in [0.15, 0.2) is 41.8 Å². The third-order valence-corrected chi connectivity index (χ3v) is 6.74. The highest BCUT2D eigenvalue weighted by atomic mass is 32.1. The van der Waals surface area contributed by atoms with E-state index in [1.807, 2.05) is 6.07 Å². The van der Waals surface area contributed by atoms with Crippen LogP contribution in [0.2, 0.25) is 0 Å². The number of rotatable bonds is 5. The second-order valence-corrected chi connectivity index (χ2v) is 8.82. The van der Waals surface area contributed by atoms with Crippen molar-refractivity contribution < 1.29 is 23.7 Å². The minimum Gasteiger partial charge on any atom is -0.454 e. The van der Waals surface area contributed by atoms with Crippen LogP contribution in [0.3, 0.4) is 0 Å². The molecule has 0 atom stereocenters. The number of ether oxygens (including phenoxy) is 4. The van der Waals surface area contributed by atoms with Gasteiger partial charge in [0.25, 0.3) is 5.91 Å². The van der Waals surface area contributed by atoms with E-state index in [1.165, 1.54) is 16.9 Å². The number of carbonyl (C=O) groups excluding carboxylic acids is 1. The molecule has 10 heteroatoms. The van der Waals surface area contributed by atoms with Gasteiger partial charge in [0.2, 0.25) is 13.6 Å². The van der Waals surface area contributed by atoms with Gasteiger partial charge in [-0.3, -0.25) is 9.69 Å². The van der Waals surface area contributed by atoms with Gasteiger partial charge in [-0.1, -0.05) is 6.07 Å². The molecule has 0 bridgehead atoms. The van der Waals surface area contributed by atoms with Gasteiger partial charge in [0, 0.05) is 49.9 Å². The van der Waals surface area contributed by atoms with Gasteiger partial charge < -0.3 is 29.2 Å². The van der Waals surface area contributed by atoms with Crippen LogP contribution >= 0.6 is 11.3 Å². The van der Waals surface area contributed by atoms with E-state index in [-0.39, 0.29) is 12.7 Å². The minimum absolute atomic E-state index is 0.201. The topological polar surface area (TPSA) is 85.4 Å². The van der Waals surface area contributed by atoms with Gasteiger partial charge in [0.05, 0.1) is 0 Å². The number of nitrogens with zero attached hydrogens (tertiary/aromatic N) is 3. The van der Waals surface area contributed by atoms with Crippen molar-refractivity contribution in [2.75, 3.05) is 50.0 Å². The van der Waals surface area contributed by atoms with Crippen molar-refractivity contribution in [1.82, 2.24) is 9.88 Å². The van der Waals surface area contributed by atoms with Crippen LogP contribution in [0.1, 0.15) is 16.1 Å². The average Bonchev–Trinajstić information content (AvgIpc) is 3.59. The fraction of sp³-hybridized carbons (Fsp3) is 0.304. The van der Waals surface area contributed by atoms with Gasteiger partial charge in [-0.2, -0.15) is 0 Å². The van der Waals surface area contributed by atoms with E-state index in [0.29, 0.717) is 29.7 Å². The summed E-state index contributed by atoms with van der Waals surface area (Å²) in [5.74, 6) is 2.70. The standard InChI is InChI=1S/C23H22N4O5S/c28-22(24-16-2-4-19-21(10-16)32-14-30-19)17-12-33-23(25-17)27-7-5-26(6-8-27)11-15-1-3-18-20(9-15)31-13-29-18/h1-4,9-10,12H,5-8,11,13-14H2,(H,24,28). The smallest absolute Gasteiger partial charge is 0.275 e. The quantitative estimate of drug-likeness (QED) is 0.614. The fourth-order valence-electron chi connectivity index (χ4n) is 4.08. The maximum Gasteiger partial charge on any atom is 0.275 e. The van der Waals surface area contributed by atoms with Gasteiger partial charge >= 0.3 is 0 Å². The molecule has 6 rings (SSSR count). The largest absolute Gasteiger partial charge is 0.454 e. The van der Waals surface area contributed by atoms with Gasteiger partial charge in [0.15, 0.2) is 28.1 Å². The molecule has 1 fully saturated rings. The molecule has 0 unspecified atom stereocenters. The van der Waals surface area contributed by atoms with E-state index in [9.17, 15) is 4.79 Å². The van der Waals surface area contributed by atoms with Crippen LogP contribution in [0.5, 0.6) is 23.0 Å². The van der Waals surface area contributed by atoms with Crippen LogP contribution < -0.4 is 29.2 Å². The Morgan fingerprint density at radius 3 is 2.39 bits per heavy atom. The summed E-state index contributed by atoms with van der Waals surface area (Å²) in [6.07, 6.45) is 0. The van der Waals surface area contributed by atoms with Crippen molar-refractivity contribution in [3.8, 4) is 23.0 Å². The molecule has 2 aromatic carbocycles. The number of hydrogen-bond donors (Lipinski definition) is 1. The molecule has 0 saturated carbocycles. The summed E-state index contributed by atoms with van der Waals surface area (Å²) < 4.78 is 21.5. The Kier molecular flexibility index (Phi) is 5.16. The molecule has 1 saturated heterocycles. The SMILES string of the molecule is O=C(Nc1ccc2c(c1)OCO2)c1csc(N2CCN(Cc3ccc4c(c3)OCO4)CC2)n1. The Balaban J connectivity index is 1.04. The molecular weight excluding hydrogens is 444 g/mol. The molecule has 170 valence electrons. The highest BCUT2D eigenvalue weighted by molar-refractivity contribution is 7.14. The van der Waals surface area contributed by atoms with Gasteiger partial charge in [-0.25, -0.2) is 4.98 Å². The highest BCUT2D eigenvalue weighted by Crippen LogP contribution is 2.35. The highest BCUT2D eigenvalue weighted by Gasteiger charge is 2.22. The molecule has 1 aromatic heterocycles. The molecule has 0 aliphatic carbocycles. The van der Waals surface area contributed by atoms with E-state index in [0.717, 1.165) is 49.4 Å². The van der Waals surface area contributed by atoms with Crippen LogP contribution in [0.25, 0.3) is 0 Å². The Labute approximate surface area is 194 Å². The normalized spacial score (nSPS) is 16.8. The second kappa shape index (κ2) is 8.45. The van der Waals surface area contributed by atoms with Crippen LogP contribution in [0.4, 0.5) is 10.8 Å². The zero-order valence-corrected chi connectivity index (χ0v) is 18.6. The fourth-order valence-corrected chi connectivity index (χ4v) is 4.94. The third-order valence-electron chi connectivity index (χ3n) is 5.84. The molecule has 4 heterocycles. The van der Waals surface area contributed by atoms with Crippen molar-refractivity contribution in [2.45, 2.75) is 6.54 Å². The number of fused-ring (bicyclic) bond motifs is 2. The van der Waals surface area contributed by atoms with E-state index in [2.05, 4.69) is 32.2 Å². The lowest BCUT2D eigenvalue weighted by Gasteiger charge is -2.34. The molecule has 33 heavy (non-hydrogen) atoms. The number of nitrogens with one attached hydrogen (secondary N) is 1. The number of hydrogen-bond acceptors (Lipinski definition) is 9. The number of carbonyl (C=O) groups is 1. The van der Waals surface area contributed by atoms with Crippen LogP contribution in [-0.4, -0.2) is 55.6 Å². The van der Waals surface area contributed by atoms with Gasteiger partial charge in [0.1, 0.15) is 5.69 Å². The van der Waals surface area contributed by atoms with Crippen molar-refractivity contribution in [3.05, 3.63) is 53.0 Å². The Morgan fingerprint density at radius 1 is 0.909 bits per heavy atom. The number of amides is 1. The predicted molar refractivity (Wildman–Crippen MR) is 123 cm³/mol. The minimum atomic E-state index is -0.238. The second-order valence-electron chi connectivity index (χ2n) is 7.99. The van der Waals surface area contributed by atoms with Crippen molar-refractivity contribution >= 4 is 28.1 Å². The average molecular weight is 467 g/mol. The Bertz CT molecular complexity index is 1190. The van der Waals surface area contributed by atoms with Crippen LogP contribution in [-0.2, 0) is 6.54 Å². The number of benzene rings is 2. The van der Waals surface area contributed by atoms with E-state index < -0.39 is 0 Å². The monoisotopic (exact) mass is 466 g/mol. The van der Waals surface area contributed by atoms with Crippen molar-refractivity contribution in [1.29, 1.82) is 0 Å². The third kappa shape index (κ3) is 4.14. The Hall–Kier alpha value is -3.50. The molecule has 3 aromatic rings. The lowest BCUT2D eigenvalue weighted by Crippen LogP contribution is -2.46. The molecule has 3 aliphatic heterocycles. The number of piperazine rings is 1. The van der Waals surface area contributed by atoms with Gasteiger partial charge in [-0.05, 0) is 29.8 Å². The first-order valence-electron chi connectivity index (χ1n) is 10.7. The number of thiazole rings is 1. The zero-order valence-electron chi connectivity index (χ0n) is 17.8. The molecule has 3 aliphatic rings. The summed E-state index contributed by atoms with van der Waals surface area (Å²) in [5.41, 5.74) is 2.27. The maximum absolute atomic E-state index is 12.7. The first kappa shape index (κ1) is 20.1. The summed E-state index contributed by atoms with van der Waals surface area (Å²) in [6, 6.07) is 11.4. The molecular formula is C23H22N4O5S. The summed E-state index contributed by atoms with van der Waals surface area (Å²) in [5, 5.41) is 5.55. The van der Waals surface area contributed by atoms with Gasteiger partial charge in [-0.15, -0.1) is 11.3 Å². The van der Waals surface area contributed by atoms with E-state index in [4.69, 9.17) is 18.9 Å². The number of anilines is 2. The van der Waals surface area contributed by atoms with E-state index >= 15 is 0 Å². The van der Waals surface area contributed by atoms with Crippen LogP contribution in [0, 0.1) is 0 Å². The molecule has 1 N–H and O–H groups in total. The molecule has 0 spiro atoms. The summed E-state index contributed by atoms with van der Waals surface area (Å²) in [4.78, 5) is 21.9. The first-order chi connectivity index (χ1) is 16.2. The summed E-state index contributed by atoms with van der Waals surface area (Å²) in [6.45, 7) is 4.93. The molecule has 0 radical (unpaired) electrons. The van der Waals surface area contributed by atoms with Crippen molar-refractivity contribution in [2.24, 2.45) is 0 Å². The lowest BCUT2D eigenvalue weighted by molar-refractivity contribution is 0.102.